The summed E-state index contributed by atoms with van der Waals surface area (Å²) in [7, 11) is 0. The second kappa shape index (κ2) is 6.36. The summed E-state index contributed by atoms with van der Waals surface area (Å²) in [6.07, 6.45) is 3.15. The molecule has 3 N–H and O–H groups in total. The zero-order valence-corrected chi connectivity index (χ0v) is 11.7. The third-order valence-electron chi connectivity index (χ3n) is 2.94. The highest BCUT2D eigenvalue weighted by atomic mass is 35.5. The number of rotatable bonds is 6. The molecule has 1 saturated heterocycles. The summed E-state index contributed by atoms with van der Waals surface area (Å²) in [4.78, 5) is 8.38. The lowest BCUT2D eigenvalue weighted by molar-refractivity contribution is 0.0381. The second-order valence-electron chi connectivity index (χ2n) is 4.70. The van der Waals surface area contributed by atoms with Gasteiger partial charge in [0.2, 0.25) is 5.95 Å². The van der Waals surface area contributed by atoms with Gasteiger partial charge in [0, 0.05) is 26.1 Å². The lowest BCUT2D eigenvalue weighted by Gasteiger charge is -2.21. The van der Waals surface area contributed by atoms with E-state index in [1.54, 1.807) is 6.20 Å². The van der Waals surface area contributed by atoms with Crippen molar-refractivity contribution in [2.75, 3.05) is 36.9 Å². The fourth-order valence-corrected chi connectivity index (χ4v) is 1.96. The van der Waals surface area contributed by atoms with Crippen molar-refractivity contribution in [1.29, 1.82) is 0 Å². The Morgan fingerprint density at radius 3 is 3.05 bits per heavy atom. The zero-order valence-electron chi connectivity index (χ0n) is 10.9. The molecule has 1 aliphatic rings. The first kappa shape index (κ1) is 14.3. The van der Waals surface area contributed by atoms with Gasteiger partial charge in [0.25, 0.3) is 0 Å². The number of nitrogens with one attached hydrogen (secondary N) is 2. The van der Waals surface area contributed by atoms with E-state index in [0.717, 1.165) is 13.0 Å². The molecule has 0 aliphatic carbocycles. The van der Waals surface area contributed by atoms with Crippen LogP contribution in [0.15, 0.2) is 6.20 Å². The minimum Gasteiger partial charge on any atom is -0.386 e. The van der Waals surface area contributed by atoms with E-state index in [0.29, 0.717) is 43.0 Å². The van der Waals surface area contributed by atoms with Crippen LogP contribution in [0.2, 0.25) is 5.02 Å². The monoisotopic (exact) mass is 286 g/mol. The largest absolute Gasteiger partial charge is 0.386 e. The standard InChI is InChI=1S/C12H19ClN4O2/c1-2-4-14-11-15-6-9(13)10(17-11)16-7-12(18)3-5-19-8-12/h6,18H,2-5,7-8H2,1H3,(H2,14,15,16,17). The highest BCUT2D eigenvalue weighted by Gasteiger charge is 2.32. The summed E-state index contributed by atoms with van der Waals surface area (Å²) in [5.41, 5.74) is -0.842. The molecular weight excluding hydrogens is 268 g/mol. The molecule has 1 fully saturated rings. The molecule has 0 aromatic carbocycles. The quantitative estimate of drug-likeness (QED) is 0.736. The lowest BCUT2D eigenvalue weighted by Crippen LogP contribution is -2.37. The van der Waals surface area contributed by atoms with Crippen LogP contribution in [0.1, 0.15) is 19.8 Å². The molecule has 6 nitrogen and oxygen atoms in total. The Morgan fingerprint density at radius 2 is 2.37 bits per heavy atom. The molecule has 19 heavy (non-hydrogen) atoms. The molecule has 106 valence electrons. The third kappa shape index (κ3) is 3.92. The summed E-state index contributed by atoms with van der Waals surface area (Å²) >= 11 is 6.03. The molecule has 0 bridgehead atoms. The Kier molecular flexibility index (Phi) is 4.79. The van der Waals surface area contributed by atoms with Crippen molar-refractivity contribution in [2.45, 2.75) is 25.4 Å². The van der Waals surface area contributed by atoms with Crippen LogP contribution in [-0.2, 0) is 4.74 Å². The molecule has 2 heterocycles. The Bertz CT molecular complexity index is 424. The maximum Gasteiger partial charge on any atom is 0.224 e. The Balaban J connectivity index is 1.98. The molecule has 7 heteroatoms. The van der Waals surface area contributed by atoms with Crippen LogP contribution >= 0.6 is 11.6 Å². The minimum atomic E-state index is -0.842. The van der Waals surface area contributed by atoms with E-state index in [9.17, 15) is 5.11 Å². The predicted molar refractivity (Wildman–Crippen MR) is 74.7 cm³/mol. The van der Waals surface area contributed by atoms with Crippen LogP contribution in [0.4, 0.5) is 11.8 Å². The van der Waals surface area contributed by atoms with Gasteiger partial charge in [-0.25, -0.2) is 4.98 Å². The van der Waals surface area contributed by atoms with Crippen LogP contribution in [0.5, 0.6) is 0 Å². The van der Waals surface area contributed by atoms with Crippen molar-refractivity contribution in [1.82, 2.24) is 9.97 Å². The number of aromatic nitrogens is 2. The Labute approximate surface area is 117 Å². The van der Waals surface area contributed by atoms with Gasteiger partial charge >= 0.3 is 0 Å². The fourth-order valence-electron chi connectivity index (χ4n) is 1.80. The van der Waals surface area contributed by atoms with E-state index in [-0.39, 0.29) is 0 Å². The Morgan fingerprint density at radius 1 is 1.53 bits per heavy atom. The molecule has 0 saturated carbocycles. The molecule has 1 aromatic heterocycles. The van der Waals surface area contributed by atoms with Crippen LogP contribution in [0.25, 0.3) is 0 Å². The van der Waals surface area contributed by atoms with Crippen molar-refractivity contribution >= 4 is 23.4 Å². The third-order valence-corrected chi connectivity index (χ3v) is 3.22. The van der Waals surface area contributed by atoms with Crippen molar-refractivity contribution in [3.8, 4) is 0 Å². The molecule has 1 aliphatic heterocycles. The molecule has 0 amide bonds. The SMILES string of the molecule is CCCNc1ncc(Cl)c(NCC2(O)CCOC2)n1. The van der Waals surface area contributed by atoms with Gasteiger partial charge in [-0.3, -0.25) is 0 Å². The molecule has 2 rings (SSSR count). The van der Waals surface area contributed by atoms with Gasteiger partial charge in [0.15, 0.2) is 5.82 Å². The summed E-state index contributed by atoms with van der Waals surface area (Å²) in [5.74, 6) is 1.05. The van der Waals surface area contributed by atoms with Gasteiger partial charge in [-0.2, -0.15) is 4.98 Å². The van der Waals surface area contributed by atoms with Gasteiger partial charge in [-0.1, -0.05) is 18.5 Å². The number of hydrogen-bond donors (Lipinski definition) is 3. The molecule has 0 spiro atoms. The van der Waals surface area contributed by atoms with Gasteiger partial charge in [-0.05, 0) is 6.42 Å². The van der Waals surface area contributed by atoms with E-state index in [1.165, 1.54) is 0 Å². The smallest absolute Gasteiger partial charge is 0.224 e. The average Bonchev–Trinajstić information content (AvgIpc) is 2.84. The predicted octanol–water partition coefficient (Wildman–Crippen LogP) is 1.52. The summed E-state index contributed by atoms with van der Waals surface area (Å²) < 4.78 is 5.19. The van der Waals surface area contributed by atoms with Crippen molar-refractivity contribution in [3.63, 3.8) is 0 Å². The number of halogens is 1. The normalized spacial score (nSPS) is 22.5. The first-order valence-corrected chi connectivity index (χ1v) is 6.81. The number of aliphatic hydroxyl groups is 1. The highest BCUT2D eigenvalue weighted by Crippen LogP contribution is 2.23. The van der Waals surface area contributed by atoms with E-state index >= 15 is 0 Å². The topological polar surface area (TPSA) is 79.3 Å². The fraction of sp³-hybridized carbons (Fsp3) is 0.667. The number of hydrogen-bond acceptors (Lipinski definition) is 6. The number of ether oxygens (including phenoxy) is 1. The number of anilines is 2. The second-order valence-corrected chi connectivity index (χ2v) is 5.10. The van der Waals surface area contributed by atoms with Crippen LogP contribution in [-0.4, -0.2) is 47.0 Å². The van der Waals surface area contributed by atoms with Gasteiger partial charge in [-0.15, -0.1) is 0 Å². The van der Waals surface area contributed by atoms with Crippen molar-refractivity contribution in [2.24, 2.45) is 0 Å². The van der Waals surface area contributed by atoms with E-state index in [4.69, 9.17) is 16.3 Å². The van der Waals surface area contributed by atoms with Crippen LogP contribution in [0.3, 0.4) is 0 Å². The maximum atomic E-state index is 10.2. The summed E-state index contributed by atoms with van der Waals surface area (Å²) in [6, 6.07) is 0. The van der Waals surface area contributed by atoms with Crippen LogP contribution < -0.4 is 10.6 Å². The Hall–Kier alpha value is -1.11. The van der Waals surface area contributed by atoms with E-state index in [2.05, 4.69) is 27.5 Å². The first-order valence-electron chi connectivity index (χ1n) is 6.43. The van der Waals surface area contributed by atoms with Crippen molar-refractivity contribution < 1.29 is 9.84 Å². The van der Waals surface area contributed by atoms with Gasteiger partial charge in [0.05, 0.1) is 12.8 Å². The van der Waals surface area contributed by atoms with E-state index in [1.807, 2.05) is 0 Å². The molecule has 1 unspecified atom stereocenters. The highest BCUT2D eigenvalue weighted by molar-refractivity contribution is 6.32. The number of nitrogens with zero attached hydrogens (tertiary/aromatic N) is 2. The molecule has 1 atom stereocenters. The van der Waals surface area contributed by atoms with Gasteiger partial charge < -0.3 is 20.5 Å². The molecule has 1 aromatic rings. The lowest BCUT2D eigenvalue weighted by atomic mass is 10.0. The summed E-state index contributed by atoms with van der Waals surface area (Å²) in [5, 5.41) is 16.7. The van der Waals surface area contributed by atoms with E-state index < -0.39 is 5.60 Å². The molecule has 0 radical (unpaired) electrons. The first-order chi connectivity index (χ1) is 9.13. The van der Waals surface area contributed by atoms with Crippen LogP contribution in [0, 0.1) is 0 Å². The minimum absolute atomic E-state index is 0.337. The average molecular weight is 287 g/mol. The van der Waals surface area contributed by atoms with Gasteiger partial charge in [0.1, 0.15) is 10.6 Å². The zero-order chi connectivity index (χ0) is 13.7. The summed E-state index contributed by atoms with van der Waals surface area (Å²) in [6.45, 7) is 4.15. The molecular formula is C12H19ClN4O2. The van der Waals surface area contributed by atoms with Crippen molar-refractivity contribution in [3.05, 3.63) is 11.2 Å². The maximum absolute atomic E-state index is 10.2.